The number of carbonyl (C=O) groups is 2. The second kappa shape index (κ2) is 10.9. The van der Waals surface area contributed by atoms with Gasteiger partial charge < -0.3 is 10.5 Å². The van der Waals surface area contributed by atoms with Crippen LogP contribution in [0.25, 0.3) is 9.40 Å². The van der Waals surface area contributed by atoms with Gasteiger partial charge in [0.05, 0.1) is 4.21 Å². The predicted octanol–water partition coefficient (Wildman–Crippen LogP) is 4.49. The van der Waals surface area contributed by atoms with Crippen molar-refractivity contribution in [2.75, 3.05) is 0 Å². The van der Waals surface area contributed by atoms with E-state index in [1.165, 1.54) is 25.9 Å². The largest absolute Gasteiger partial charge is 0.444 e. The maximum absolute atomic E-state index is 11.7. The van der Waals surface area contributed by atoms with Crippen molar-refractivity contribution < 1.29 is 14.3 Å². The summed E-state index contributed by atoms with van der Waals surface area (Å²) in [6.45, 7) is 9.42. The van der Waals surface area contributed by atoms with E-state index in [0.717, 1.165) is 10.6 Å². The summed E-state index contributed by atoms with van der Waals surface area (Å²) in [6, 6.07) is 4.19. The summed E-state index contributed by atoms with van der Waals surface area (Å²) in [4.78, 5) is 21.7. The minimum Gasteiger partial charge on any atom is -0.444 e. The molecule has 0 bridgehead atoms. The third kappa shape index (κ3) is 9.96. The Kier molecular flexibility index (Phi) is 9.54. The lowest BCUT2D eigenvalue weighted by atomic mass is 10.1. The standard InChI is InChI=1S/C12H17N3OS3.C5H11NO2/c1-3-8(2)6-11(16)14-15(13)19-12-7-10-9(18-12)4-5-17-10;1-5(2,3)8-4(6)7/h4-5,7-8H,3,6,13H2,1-2H3,(H,14,16);1-3H3,(H2,6,7). The summed E-state index contributed by atoms with van der Waals surface area (Å²) in [5.41, 5.74) is 6.94. The fraction of sp³-hybridized carbons (Fsp3) is 0.529. The van der Waals surface area contributed by atoms with E-state index >= 15 is 0 Å². The van der Waals surface area contributed by atoms with Crippen LogP contribution >= 0.6 is 34.6 Å². The molecule has 7 nitrogen and oxygen atoms in total. The number of nitrogens with zero attached hydrogens (tertiary/aromatic N) is 1. The molecular formula is C17H28N4O3S3. The molecule has 10 heteroatoms. The first-order valence-corrected chi connectivity index (χ1v) is 10.9. The molecule has 2 amide bonds. The van der Waals surface area contributed by atoms with Gasteiger partial charge in [-0.2, -0.15) is 0 Å². The van der Waals surface area contributed by atoms with Gasteiger partial charge in [0.2, 0.25) is 5.91 Å². The minimum atomic E-state index is -0.725. The number of nitrogens with two attached hydrogens (primary N) is 2. The molecular weight excluding hydrogens is 404 g/mol. The van der Waals surface area contributed by atoms with Crippen LogP contribution in [0, 0.1) is 5.92 Å². The molecule has 0 fully saturated rings. The summed E-state index contributed by atoms with van der Waals surface area (Å²) < 4.78 is 9.46. The lowest BCUT2D eigenvalue weighted by molar-refractivity contribution is -0.124. The molecule has 1 atom stereocenters. The summed E-state index contributed by atoms with van der Waals surface area (Å²) >= 11 is 4.73. The average Bonchev–Trinajstić information content (AvgIpc) is 3.05. The van der Waals surface area contributed by atoms with Crippen LogP contribution in [0.3, 0.4) is 0 Å². The Labute approximate surface area is 172 Å². The van der Waals surface area contributed by atoms with Crippen LogP contribution in [-0.2, 0) is 9.53 Å². The van der Waals surface area contributed by atoms with Crippen LogP contribution in [0.15, 0.2) is 21.7 Å². The van der Waals surface area contributed by atoms with E-state index in [-0.39, 0.29) is 5.91 Å². The Hall–Kier alpha value is -1.33. The Balaban J connectivity index is 0.000000387. The lowest BCUT2D eigenvalue weighted by Crippen LogP contribution is -2.42. The van der Waals surface area contributed by atoms with Crippen molar-refractivity contribution in [1.29, 1.82) is 0 Å². The van der Waals surface area contributed by atoms with Gasteiger partial charge in [0.25, 0.3) is 0 Å². The lowest BCUT2D eigenvalue weighted by Gasteiger charge is -2.16. The number of rotatable bonds is 6. The van der Waals surface area contributed by atoms with E-state index in [1.54, 1.807) is 43.4 Å². The number of fused-ring (bicyclic) bond motifs is 1. The Bertz CT molecular complexity index is 711. The number of carbonyl (C=O) groups excluding carboxylic acids is 2. The third-order valence-electron chi connectivity index (χ3n) is 3.18. The zero-order chi connectivity index (χ0) is 20.6. The van der Waals surface area contributed by atoms with Gasteiger partial charge in [-0.05, 0) is 44.2 Å². The highest BCUT2D eigenvalue weighted by molar-refractivity contribution is 7.99. The van der Waals surface area contributed by atoms with Gasteiger partial charge in [0, 0.05) is 27.8 Å². The maximum atomic E-state index is 11.7. The van der Waals surface area contributed by atoms with Gasteiger partial charge in [-0.15, -0.1) is 22.7 Å². The van der Waals surface area contributed by atoms with Gasteiger partial charge in [0.1, 0.15) is 5.60 Å². The van der Waals surface area contributed by atoms with Crippen molar-refractivity contribution in [3.05, 3.63) is 17.5 Å². The number of nitrogens with one attached hydrogen (secondary N) is 1. The molecule has 1 unspecified atom stereocenters. The number of thiophene rings is 2. The highest BCUT2D eigenvalue weighted by Crippen LogP contribution is 2.35. The monoisotopic (exact) mass is 432 g/mol. The number of hydrogen-bond acceptors (Lipinski definition) is 8. The maximum Gasteiger partial charge on any atom is 0.405 e. The van der Waals surface area contributed by atoms with Gasteiger partial charge in [-0.3, -0.25) is 10.2 Å². The fourth-order valence-electron chi connectivity index (χ4n) is 1.84. The molecule has 0 aliphatic heterocycles. The highest BCUT2D eigenvalue weighted by Gasteiger charge is 2.13. The van der Waals surface area contributed by atoms with E-state index in [2.05, 4.69) is 41.5 Å². The zero-order valence-corrected chi connectivity index (χ0v) is 18.7. The van der Waals surface area contributed by atoms with Gasteiger partial charge in [-0.1, -0.05) is 24.8 Å². The summed E-state index contributed by atoms with van der Waals surface area (Å²) in [5.74, 6) is 6.13. The average molecular weight is 433 g/mol. The third-order valence-corrected chi connectivity index (χ3v) is 6.12. The second-order valence-electron chi connectivity index (χ2n) is 6.92. The summed E-state index contributed by atoms with van der Waals surface area (Å²) in [7, 11) is 0. The van der Waals surface area contributed by atoms with E-state index in [4.69, 9.17) is 11.6 Å². The number of hydrogen-bond donors (Lipinski definition) is 3. The molecule has 2 aromatic heterocycles. The molecule has 5 N–H and O–H groups in total. The van der Waals surface area contributed by atoms with Crippen molar-refractivity contribution >= 4 is 56.0 Å². The molecule has 0 aliphatic carbocycles. The molecule has 0 saturated heterocycles. The van der Waals surface area contributed by atoms with Crippen LogP contribution in [0.1, 0.15) is 47.5 Å². The van der Waals surface area contributed by atoms with Crippen molar-refractivity contribution in [2.24, 2.45) is 17.5 Å². The molecule has 2 rings (SSSR count). The number of hydrazine groups is 2. The molecule has 0 saturated carbocycles. The Morgan fingerprint density at radius 2 is 2.04 bits per heavy atom. The van der Waals surface area contributed by atoms with Crippen molar-refractivity contribution in [3.63, 3.8) is 0 Å². The minimum absolute atomic E-state index is 0.0391. The normalized spacial score (nSPS) is 12.4. The predicted molar refractivity (Wildman–Crippen MR) is 114 cm³/mol. The Morgan fingerprint density at radius 3 is 2.52 bits per heavy atom. The summed E-state index contributed by atoms with van der Waals surface area (Å²) in [5, 5.41) is 2.07. The van der Waals surface area contributed by atoms with E-state index in [9.17, 15) is 9.59 Å². The van der Waals surface area contributed by atoms with Crippen LogP contribution in [-0.4, -0.2) is 22.1 Å². The van der Waals surface area contributed by atoms with Crippen molar-refractivity contribution in [2.45, 2.75) is 57.3 Å². The number of ether oxygens (including phenoxy) is 1. The van der Waals surface area contributed by atoms with Crippen molar-refractivity contribution in [1.82, 2.24) is 9.95 Å². The highest BCUT2D eigenvalue weighted by atomic mass is 32.2. The first kappa shape index (κ1) is 23.7. The molecule has 0 aromatic carbocycles. The fourth-order valence-corrected chi connectivity index (χ4v) is 4.93. The van der Waals surface area contributed by atoms with Gasteiger partial charge >= 0.3 is 6.09 Å². The molecule has 0 radical (unpaired) electrons. The SMILES string of the molecule is CC(C)(C)OC(N)=O.CCC(C)CC(=O)NN(N)Sc1cc2sccc2s1. The smallest absolute Gasteiger partial charge is 0.405 e. The molecule has 2 aromatic rings. The first-order valence-electron chi connectivity index (χ1n) is 8.48. The van der Waals surface area contributed by atoms with E-state index in [1.807, 2.05) is 0 Å². The van der Waals surface area contributed by atoms with E-state index < -0.39 is 11.7 Å². The van der Waals surface area contributed by atoms with Gasteiger partial charge in [0.15, 0.2) is 0 Å². The van der Waals surface area contributed by atoms with Crippen LogP contribution < -0.4 is 17.0 Å². The van der Waals surface area contributed by atoms with Crippen molar-refractivity contribution in [3.8, 4) is 0 Å². The van der Waals surface area contributed by atoms with E-state index in [0.29, 0.717) is 12.3 Å². The molecule has 0 spiro atoms. The zero-order valence-electron chi connectivity index (χ0n) is 16.3. The quantitative estimate of drug-likeness (QED) is 0.352. The number of amides is 2. The molecule has 0 aliphatic rings. The van der Waals surface area contributed by atoms with Crippen LogP contribution in [0.4, 0.5) is 4.79 Å². The van der Waals surface area contributed by atoms with Gasteiger partial charge in [-0.25, -0.2) is 10.6 Å². The Morgan fingerprint density at radius 1 is 1.37 bits per heavy atom. The number of primary amides is 1. The van der Waals surface area contributed by atoms with Crippen LogP contribution in [0.5, 0.6) is 0 Å². The second-order valence-corrected chi connectivity index (χ2v) is 10.2. The first-order chi connectivity index (χ1) is 12.5. The molecule has 2 heterocycles. The topological polar surface area (TPSA) is 111 Å². The molecule has 27 heavy (non-hydrogen) atoms. The summed E-state index contributed by atoms with van der Waals surface area (Å²) in [6.07, 6.45) is 0.772. The van der Waals surface area contributed by atoms with Crippen LogP contribution in [0.2, 0.25) is 0 Å². The molecule has 152 valence electrons.